The maximum Gasteiger partial charge on any atom is 0.260 e. The highest BCUT2D eigenvalue weighted by molar-refractivity contribution is 5.77. The molecule has 102 valence electrons. The second-order valence-corrected chi connectivity index (χ2v) is 4.99. The first-order valence-corrected chi connectivity index (χ1v) is 5.91. The molecule has 0 fully saturated rings. The minimum absolute atomic E-state index is 0.0987. The van der Waals surface area contributed by atoms with Gasteiger partial charge in [0.2, 0.25) is 0 Å². The standard InChI is InChI=1S/C14H18N2O3/c1-14(2,18)10-16(3)13(17)9-19-12-6-4-11(8-15)5-7-12/h4-7,18H,9-10H2,1-3H3. The lowest BCUT2D eigenvalue weighted by atomic mass is 10.1. The first-order valence-electron chi connectivity index (χ1n) is 5.91. The number of nitriles is 1. The summed E-state index contributed by atoms with van der Waals surface area (Å²) >= 11 is 0. The first kappa shape index (κ1) is 15.0. The molecule has 0 heterocycles. The van der Waals surface area contributed by atoms with E-state index in [1.807, 2.05) is 6.07 Å². The van der Waals surface area contributed by atoms with Gasteiger partial charge in [-0.1, -0.05) is 0 Å². The summed E-state index contributed by atoms with van der Waals surface area (Å²) in [6, 6.07) is 8.54. The van der Waals surface area contributed by atoms with Crippen molar-refractivity contribution in [1.29, 1.82) is 5.26 Å². The molecule has 0 aromatic heterocycles. The van der Waals surface area contributed by atoms with Gasteiger partial charge in [-0.2, -0.15) is 5.26 Å². The molecule has 0 aliphatic rings. The second kappa shape index (κ2) is 6.21. The Labute approximate surface area is 113 Å². The fraction of sp³-hybridized carbons (Fsp3) is 0.429. The zero-order valence-electron chi connectivity index (χ0n) is 11.4. The lowest BCUT2D eigenvalue weighted by Gasteiger charge is -2.25. The van der Waals surface area contributed by atoms with Gasteiger partial charge in [-0.15, -0.1) is 0 Å². The maximum atomic E-state index is 11.8. The highest BCUT2D eigenvalue weighted by Crippen LogP contribution is 2.11. The van der Waals surface area contributed by atoms with Gasteiger partial charge in [-0.3, -0.25) is 4.79 Å². The molecule has 0 bridgehead atoms. The zero-order valence-corrected chi connectivity index (χ0v) is 11.4. The fourth-order valence-corrected chi connectivity index (χ4v) is 1.55. The Kier molecular flexibility index (Phi) is 4.90. The van der Waals surface area contributed by atoms with E-state index in [4.69, 9.17) is 10.00 Å². The molecular formula is C14H18N2O3. The van der Waals surface area contributed by atoms with Crippen molar-refractivity contribution in [2.24, 2.45) is 0 Å². The van der Waals surface area contributed by atoms with Crippen molar-refractivity contribution in [1.82, 2.24) is 4.90 Å². The number of nitrogens with zero attached hydrogens (tertiary/aromatic N) is 2. The van der Waals surface area contributed by atoms with Crippen molar-refractivity contribution in [2.75, 3.05) is 20.2 Å². The Hall–Kier alpha value is -2.06. The van der Waals surface area contributed by atoms with Crippen LogP contribution in [0.25, 0.3) is 0 Å². The van der Waals surface area contributed by atoms with Crippen LogP contribution in [0.4, 0.5) is 0 Å². The SMILES string of the molecule is CN(CC(C)(C)O)C(=O)COc1ccc(C#N)cc1. The summed E-state index contributed by atoms with van der Waals surface area (Å²) in [6.45, 7) is 3.41. The zero-order chi connectivity index (χ0) is 14.5. The van der Waals surface area contributed by atoms with Gasteiger partial charge in [0.25, 0.3) is 5.91 Å². The van der Waals surface area contributed by atoms with Gasteiger partial charge in [0, 0.05) is 13.6 Å². The van der Waals surface area contributed by atoms with Crippen LogP contribution in [0.5, 0.6) is 5.75 Å². The number of carbonyl (C=O) groups is 1. The van der Waals surface area contributed by atoms with Crippen LogP contribution in [-0.4, -0.2) is 41.7 Å². The summed E-state index contributed by atoms with van der Waals surface area (Å²) in [6.07, 6.45) is 0. The summed E-state index contributed by atoms with van der Waals surface area (Å²) in [5.41, 5.74) is -0.392. The van der Waals surface area contributed by atoms with Crippen molar-refractivity contribution in [2.45, 2.75) is 19.4 Å². The Bertz CT molecular complexity index is 469. The third-order valence-electron chi connectivity index (χ3n) is 2.40. The molecule has 19 heavy (non-hydrogen) atoms. The summed E-state index contributed by atoms with van der Waals surface area (Å²) in [4.78, 5) is 13.2. The summed E-state index contributed by atoms with van der Waals surface area (Å²) in [5, 5.41) is 18.3. The molecule has 0 saturated heterocycles. The number of ether oxygens (including phenoxy) is 1. The topological polar surface area (TPSA) is 73.6 Å². The molecule has 0 aliphatic carbocycles. The smallest absolute Gasteiger partial charge is 0.260 e. The number of amides is 1. The monoisotopic (exact) mass is 262 g/mol. The van der Waals surface area contributed by atoms with E-state index in [1.165, 1.54) is 4.90 Å². The molecule has 0 saturated carbocycles. The van der Waals surface area contributed by atoms with Gasteiger partial charge in [-0.05, 0) is 38.1 Å². The van der Waals surface area contributed by atoms with Gasteiger partial charge < -0.3 is 14.7 Å². The first-order chi connectivity index (χ1) is 8.81. The van der Waals surface area contributed by atoms with Crippen molar-refractivity contribution >= 4 is 5.91 Å². The molecule has 1 rings (SSSR count). The van der Waals surface area contributed by atoms with Crippen molar-refractivity contribution in [3.8, 4) is 11.8 Å². The van der Waals surface area contributed by atoms with E-state index in [-0.39, 0.29) is 19.1 Å². The van der Waals surface area contributed by atoms with E-state index in [2.05, 4.69) is 0 Å². The van der Waals surface area contributed by atoms with Gasteiger partial charge in [0.05, 0.1) is 17.2 Å². The second-order valence-electron chi connectivity index (χ2n) is 4.99. The number of aliphatic hydroxyl groups is 1. The van der Waals surface area contributed by atoms with Crippen LogP contribution in [-0.2, 0) is 4.79 Å². The van der Waals surface area contributed by atoms with Crippen LogP contribution >= 0.6 is 0 Å². The third-order valence-corrected chi connectivity index (χ3v) is 2.40. The molecule has 1 aromatic carbocycles. The van der Waals surface area contributed by atoms with Gasteiger partial charge in [0.1, 0.15) is 5.75 Å². The Morgan fingerprint density at radius 1 is 1.42 bits per heavy atom. The summed E-state index contributed by atoms with van der Waals surface area (Å²) in [5.74, 6) is 0.315. The quantitative estimate of drug-likeness (QED) is 0.864. The molecule has 0 aliphatic heterocycles. The third kappa shape index (κ3) is 5.40. The highest BCUT2D eigenvalue weighted by atomic mass is 16.5. The predicted molar refractivity (Wildman–Crippen MR) is 70.6 cm³/mol. The van der Waals surface area contributed by atoms with Crippen LogP contribution in [0.15, 0.2) is 24.3 Å². The maximum absolute atomic E-state index is 11.8. The van der Waals surface area contributed by atoms with E-state index in [0.29, 0.717) is 11.3 Å². The molecule has 5 nitrogen and oxygen atoms in total. The van der Waals surface area contributed by atoms with Gasteiger partial charge in [-0.25, -0.2) is 0 Å². The normalized spacial score (nSPS) is 10.7. The predicted octanol–water partition coefficient (Wildman–Crippen LogP) is 1.17. The molecule has 0 unspecified atom stereocenters. The van der Waals surface area contributed by atoms with Crippen LogP contribution in [0.1, 0.15) is 19.4 Å². The van der Waals surface area contributed by atoms with Gasteiger partial charge >= 0.3 is 0 Å². The average molecular weight is 262 g/mol. The number of hydrogen-bond donors (Lipinski definition) is 1. The number of carbonyl (C=O) groups excluding carboxylic acids is 1. The van der Waals surface area contributed by atoms with Crippen LogP contribution in [0, 0.1) is 11.3 Å². The molecular weight excluding hydrogens is 244 g/mol. The summed E-state index contributed by atoms with van der Waals surface area (Å²) < 4.78 is 5.32. The molecule has 0 radical (unpaired) electrons. The largest absolute Gasteiger partial charge is 0.484 e. The van der Waals surface area contributed by atoms with E-state index >= 15 is 0 Å². The molecule has 1 amide bonds. The minimum Gasteiger partial charge on any atom is -0.484 e. The Morgan fingerprint density at radius 2 is 2.00 bits per heavy atom. The lowest BCUT2D eigenvalue weighted by molar-refractivity contribution is -0.134. The van der Waals surface area contributed by atoms with E-state index < -0.39 is 5.60 Å². The van der Waals surface area contributed by atoms with Crippen LogP contribution in [0.2, 0.25) is 0 Å². The number of rotatable bonds is 5. The number of hydrogen-bond acceptors (Lipinski definition) is 4. The van der Waals surface area contributed by atoms with E-state index in [1.54, 1.807) is 45.2 Å². The highest BCUT2D eigenvalue weighted by Gasteiger charge is 2.19. The number of benzene rings is 1. The van der Waals surface area contributed by atoms with Crippen LogP contribution in [0.3, 0.4) is 0 Å². The Morgan fingerprint density at radius 3 is 2.47 bits per heavy atom. The fourth-order valence-electron chi connectivity index (χ4n) is 1.55. The van der Waals surface area contributed by atoms with E-state index in [0.717, 1.165) is 0 Å². The average Bonchev–Trinajstić information content (AvgIpc) is 2.34. The molecule has 5 heteroatoms. The molecule has 1 aromatic rings. The number of likely N-dealkylation sites (N-methyl/N-ethyl adjacent to an activating group) is 1. The lowest BCUT2D eigenvalue weighted by Crippen LogP contribution is -2.41. The molecule has 0 atom stereocenters. The van der Waals surface area contributed by atoms with Crippen LogP contribution < -0.4 is 4.74 Å². The molecule has 0 spiro atoms. The van der Waals surface area contributed by atoms with Crippen molar-refractivity contribution in [3.63, 3.8) is 0 Å². The molecule has 1 N–H and O–H groups in total. The van der Waals surface area contributed by atoms with Crippen molar-refractivity contribution < 1.29 is 14.6 Å². The summed E-state index contributed by atoms with van der Waals surface area (Å²) in [7, 11) is 1.61. The Balaban J connectivity index is 2.47. The van der Waals surface area contributed by atoms with E-state index in [9.17, 15) is 9.90 Å². The van der Waals surface area contributed by atoms with Crippen molar-refractivity contribution in [3.05, 3.63) is 29.8 Å². The minimum atomic E-state index is -0.932. The van der Waals surface area contributed by atoms with Gasteiger partial charge in [0.15, 0.2) is 6.61 Å².